The second kappa shape index (κ2) is 6.32. The van der Waals surface area contributed by atoms with Crippen LogP contribution >= 0.6 is 11.8 Å². The molecule has 1 aliphatic heterocycles. The Morgan fingerprint density at radius 1 is 1.08 bits per heavy atom. The number of hydrogen-bond donors (Lipinski definition) is 2. The van der Waals surface area contributed by atoms with Crippen molar-refractivity contribution in [1.29, 1.82) is 0 Å². The van der Waals surface area contributed by atoms with Gasteiger partial charge >= 0.3 is 0 Å². The van der Waals surface area contributed by atoms with Gasteiger partial charge in [-0.15, -0.1) is 0 Å². The standard InChI is InChI=1S/C19H18N2O2S/c22-18(20-13-5-1-2-6-13)12-9-10-17-15(11-12)21-19(23)14-7-3-4-8-16(14)24-17/h3-4,7-11,13H,1-2,5-6H2,(H,20,22)(H,21,23). The Balaban J connectivity index is 1.61. The van der Waals surface area contributed by atoms with E-state index in [0.717, 1.165) is 22.6 Å². The zero-order valence-corrected chi connectivity index (χ0v) is 14.0. The van der Waals surface area contributed by atoms with Crippen molar-refractivity contribution in [1.82, 2.24) is 5.32 Å². The Kier molecular flexibility index (Phi) is 4.02. The SMILES string of the molecule is O=C(NC1CCCC1)c1ccc2c(c1)NC(=O)c1ccccc1S2. The molecule has 0 atom stereocenters. The summed E-state index contributed by atoms with van der Waals surface area (Å²) in [5.41, 5.74) is 1.95. The zero-order chi connectivity index (χ0) is 16.5. The van der Waals surface area contributed by atoms with E-state index in [0.29, 0.717) is 16.8 Å². The highest BCUT2D eigenvalue weighted by molar-refractivity contribution is 7.99. The molecule has 0 radical (unpaired) electrons. The summed E-state index contributed by atoms with van der Waals surface area (Å²) in [6.07, 6.45) is 4.47. The molecule has 0 unspecified atom stereocenters. The zero-order valence-electron chi connectivity index (χ0n) is 13.2. The molecule has 1 saturated carbocycles. The van der Waals surface area contributed by atoms with Gasteiger partial charge in [-0.25, -0.2) is 0 Å². The fraction of sp³-hybridized carbons (Fsp3) is 0.263. The average molecular weight is 338 g/mol. The number of carbonyl (C=O) groups excluding carboxylic acids is 2. The molecule has 2 amide bonds. The van der Waals surface area contributed by atoms with E-state index in [1.54, 1.807) is 17.8 Å². The second-order valence-corrected chi connectivity index (χ2v) is 7.30. The van der Waals surface area contributed by atoms with Gasteiger partial charge in [0, 0.05) is 21.4 Å². The first-order chi connectivity index (χ1) is 11.7. The minimum atomic E-state index is -0.134. The Morgan fingerprint density at radius 3 is 2.71 bits per heavy atom. The molecule has 4 nitrogen and oxygen atoms in total. The predicted molar refractivity (Wildman–Crippen MR) is 94.7 cm³/mol. The van der Waals surface area contributed by atoms with Crippen LogP contribution in [-0.4, -0.2) is 17.9 Å². The van der Waals surface area contributed by atoms with Crippen LogP contribution in [0.4, 0.5) is 5.69 Å². The van der Waals surface area contributed by atoms with Crippen LogP contribution < -0.4 is 10.6 Å². The number of benzene rings is 2. The number of hydrogen-bond acceptors (Lipinski definition) is 3. The molecule has 5 heteroatoms. The molecule has 2 aromatic carbocycles. The van der Waals surface area contributed by atoms with Gasteiger partial charge in [-0.2, -0.15) is 0 Å². The van der Waals surface area contributed by atoms with Crippen LogP contribution in [0, 0.1) is 0 Å². The average Bonchev–Trinajstić information content (AvgIpc) is 3.04. The number of anilines is 1. The van der Waals surface area contributed by atoms with E-state index >= 15 is 0 Å². The highest BCUT2D eigenvalue weighted by Crippen LogP contribution is 2.39. The lowest BCUT2D eigenvalue weighted by molar-refractivity contribution is 0.0936. The molecule has 0 aromatic heterocycles. The summed E-state index contributed by atoms with van der Waals surface area (Å²) >= 11 is 1.55. The van der Waals surface area contributed by atoms with Crippen molar-refractivity contribution >= 4 is 29.3 Å². The Morgan fingerprint density at radius 2 is 1.88 bits per heavy atom. The van der Waals surface area contributed by atoms with E-state index in [9.17, 15) is 9.59 Å². The van der Waals surface area contributed by atoms with Crippen molar-refractivity contribution in [2.45, 2.75) is 41.5 Å². The van der Waals surface area contributed by atoms with Crippen LogP contribution in [0.5, 0.6) is 0 Å². The van der Waals surface area contributed by atoms with Gasteiger partial charge < -0.3 is 10.6 Å². The summed E-state index contributed by atoms with van der Waals surface area (Å²) in [6, 6.07) is 13.3. The van der Waals surface area contributed by atoms with Crippen LogP contribution in [0.25, 0.3) is 0 Å². The van der Waals surface area contributed by atoms with E-state index in [1.165, 1.54) is 12.8 Å². The van der Waals surface area contributed by atoms with Gasteiger partial charge in [-0.1, -0.05) is 36.7 Å². The highest BCUT2D eigenvalue weighted by atomic mass is 32.2. The van der Waals surface area contributed by atoms with Crippen LogP contribution in [0.1, 0.15) is 46.4 Å². The maximum absolute atomic E-state index is 12.4. The summed E-state index contributed by atoms with van der Waals surface area (Å²) in [7, 11) is 0. The highest BCUT2D eigenvalue weighted by Gasteiger charge is 2.22. The van der Waals surface area contributed by atoms with E-state index in [2.05, 4.69) is 10.6 Å². The smallest absolute Gasteiger partial charge is 0.256 e. The van der Waals surface area contributed by atoms with Crippen molar-refractivity contribution in [3.63, 3.8) is 0 Å². The van der Waals surface area contributed by atoms with Crippen molar-refractivity contribution in [3.8, 4) is 0 Å². The first kappa shape index (κ1) is 15.3. The quantitative estimate of drug-likeness (QED) is 0.867. The molecule has 2 N–H and O–H groups in total. The van der Waals surface area contributed by atoms with E-state index in [1.807, 2.05) is 36.4 Å². The third-order valence-corrected chi connectivity index (χ3v) is 5.68. The fourth-order valence-electron chi connectivity index (χ4n) is 3.25. The van der Waals surface area contributed by atoms with Crippen LogP contribution in [-0.2, 0) is 0 Å². The molecule has 122 valence electrons. The van der Waals surface area contributed by atoms with Crippen molar-refractivity contribution < 1.29 is 9.59 Å². The molecule has 0 spiro atoms. The van der Waals surface area contributed by atoms with Gasteiger partial charge in [0.05, 0.1) is 11.3 Å². The Hall–Kier alpha value is -2.27. The van der Waals surface area contributed by atoms with Crippen molar-refractivity contribution in [2.75, 3.05) is 5.32 Å². The third-order valence-electron chi connectivity index (χ3n) is 4.53. The molecule has 0 saturated heterocycles. The van der Waals surface area contributed by atoms with E-state index < -0.39 is 0 Å². The van der Waals surface area contributed by atoms with Crippen LogP contribution in [0.15, 0.2) is 52.3 Å². The topological polar surface area (TPSA) is 58.2 Å². The first-order valence-electron chi connectivity index (χ1n) is 8.24. The maximum atomic E-state index is 12.4. The van der Waals surface area contributed by atoms with Crippen molar-refractivity contribution in [2.24, 2.45) is 0 Å². The van der Waals surface area contributed by atoms with Gasteiger partial charge in [-0.05, 0) is 43.2 Å². The van der Waals surface area contributed by atoms with Gasteiger partial charge in [0.1, 0.15) is 0 Å². The molecule has 24 heavy (non-hydrogen) atoms. The second-order valence-electron chi connectivity index (χ2n) is 6.22. The summed E-state index contributed by atoms with van der Waals surface area (Å²) in [6.45, 7) is 0. The molecule has 4 rings (SSSR count). The van der Waals surface area contributed by atoms with Crippen LogP contribution in [0.3, 0.4) is 0 Å². The number of fused-ring (bicyclic) bond motifs is 2. The van der Waals surface area contributed by atoms with E-state index in [4.69, 9.17) is 0 Å². The minimum Gasteiger partial charge on any atom is -0.349 e. The number of nitrogens with one attached hydrogen (secondary N) is 2. The first-order valence-corrected chi connectivity index (χ1v) is 9.05. The fourth-order valence-corrected chi connectivity index (χ4v) is 4.26. The van der Waals surface area contributed by atoms with Gasteiger partial charge in [0.15, 0.2) is 0 Å². The monoisotopic (exact) mass is 338 g/mol. The lowest BCUT2D eigenvalue weighted by atomic mass is 10.1. The summed E-state index contributed by atoms with van der Waals surface area (Å²) < 4.78 is 0. The third kappa shape index (κ3) is 2.91. The van der Waals surface area contributed by atoms with Gasteiger partial charge in [0.2, 0.25) is 0 Å². The molecular formula is C19H18N2O2S. The number of rotatable bonds is 2. The molecule has 2 aromatic rings. The van der Waals surface area contributed by atoms with Crippen LogP contribution in [0.2, 0.25) is 0 Å². The molecular weight excluding hydrogens is 320 g/mol. The lowest BCUT2D eigenvalue weighted by Gasteiger charge is -2.13. The number of carbonyl (C=O) groups is 2. The molecule has 1 fully saturated rings. The van der Waals surface area contributed by atoms with E-state index in [-0.39, 0.29) is 17.9 Å². The maximum Gasteiger partial charge on any atom is 0.256 e. The molecule has 1 heterocycles. The van der Waals surface area contributed by atoms with Gasteiger partial charge in [0.25, 0.3) is 11.8 Å². The van der Waals surface area contributed by atoms with Crippen molar-refractivity contribution in [3.05, 3.63) is 53.6 Å². The molecule has 2 aliphatic rings. The van der Waals surface area contributed by atoms with Gasteiger partial charge in [-0.3, -0.25) is 9.59 Å². The minimum absolute atomic E-state index is 0.0642. The summed E-state index contributed by atoms with van der Waals surface area (Å²) in [4.78, 5) is 26.7. The normalized spacial score (nSPS) is 16.8. The summed E-state index contributed by atoms with van der Waals surface area (Å²) in [5, 5.41) is 6.02. The predicted octanol–water partition coefficient (Wildman–Crippen LogP) is 4.08. The largest absolute Gasteiger partial charge is 0.349 e. The molecule has 0 bridgehead atoms. The molecule has 1 aliphatic carbocycles. The summed E-state index contributed by atoms with van der Waals surface area (Å²) in [5.74, 6) is -0.198. The Labute approximate surface area is 145 Å². The lowest BCUT2D eigenvalue weighted by Crippen LogP contribution is -2.32. The Bertz CT molecular complexity index is 813. The number of amides is 2.